The van der Waals surface area contributed by atoms with Crippen molar-refractivity contribution in [3.8, 4) is 0 Å². The molecule has 1 unspecified atom stereocenters. The molecule has 0 radical (unpaired) electrons. The van der Waals surface area contributed by atoms with Crippen molar-refractivity contribution in [2.45, 2.75) is 117 Å². The van der Waals surface area contributed by atoms with Gasteiger partial charge in [0.1, 0.15) is 0 Å². The zero-order chi connectivity index (χ0) is 18.8. The summed E-state index contributed by atoms with van der Waals surface area (Å²) in [6.45, 7) is 6.71. The predicted octanol–water partition coefficient (Wildman–Crippen LogP) is 5.96. The van der Waals surface area contributed by atoms with Gasteiger partial charge in [-0.2, -0.15) is 0 Å². The summed E-state index contributed by atoms with van der Waals surface area (Å²) in [7, 11) is 0. The molecule has 4 nitrogen and oxygen atoms in total. The van der Waals surface area contributed by atoms with Crippen LogP contribution in [0.5, 0.6) is 0 Å². The third kappa shape index (κ3) is 17.6. The first kappa shape index (κ1) is 23.9. The number of rotatable bonds is 17. The van der Waals surface area contributed by atoms with Crippen LogP contribution in [0.15, 0.2) is 0 Å². The summed E-state index contributed by atoms with van der Waals surface area (Å²) in [4.78, 5) is 23.2. The van der Waals surface area contributed by atoms with Crippen LogP contribution in [0.4, 0.5) is 0 Å². The normalized spacial score (nSPS) is 12.0. The highest BCUT2D eigenvalue weighted by Gasteiger charge is 2.12. The summed E-state index contributed by atoms with van der Waals surface area (Å²) in [5.41, 5.74) is 0. The largest absolute Gasteiger partial charge is 0.466 e. The van der Waals surface area contributed by atoms with Crippen LogP contribution in [-0.4, -0.2) is 24.6 Å². The average Bonchev–Trinajstić information content (AvgIpc) is 2.59. The number of hydrogen-bond donors (Lipinski definition) is 0. The molecular weight excluding hydrogens is 316 g/mol. The zero-order valence-corrected chi connectivity index (χ0v) is 16.8. The van der Waals surface area contributed by atoms with Gasteiger partial charge >= 0.3 is 11.9 Å². The molecule has 0 N–H and O–H groups in total. The standard InChI is InChI=1S/C21H40O4/c1-4-6-8-9-10-11-12-13-14-18-24-20(22)16-17-21(23)25-19(3)15-7-5-2/h19H,4-18H2,1-3H3. The van der Waals surface area contributed by atoms with Gasteiger partial charge in [-0.05, 0) is 19.8 Å². The van der Waals surface area contributed by atoms with Gasteiger partial charge in [-0.25, -0.2) is 0 Å². The lowest BCUT2D eigenvalue weighted by atomic mass is 10.1. The van der Waals surface area contributed by atoms with Crippen LogP contribution in [0, 0.1) is 0 Å². The molecule has 0 bridgehead atoms. The maximum Gasteiger partial charge on any atom is 0.306 e. The van der Waals surface area contributed by atoms with Crippen molar-refractivity contribution in [3.63, 3.8) is 0 Å². The molecule has 0 amide bonds. The van der Waals surface area contributed by atoms with E-state index in [4.69, 9.17) is 9.47 Å². The lowest BCUT2D eigenvalue weighted by Gasteiger charge is -2.12. The van der Waals surface area contributed by atoms with E-state index in [9.17, 15) is 9.59 Å². The van der Waals surface area contributed by atoms with Crippen LogP contribution in [-0.2, 0) is 19.1 Å². The molecule has 148 valence electrons. The molecule has 0 aliphatic heterocycles. The molecule has 0 spiro atoms. The molecule has 0 aromatic heterocycles. The average molecular weight is 357 g/mol. The molecule has 0 aromatic rings. The number of ether oxygens (including phenoxy) is 2. The van der Waals surface area contributed by atoms with E-state index in [0.29, 0.717) is 6.61 Å². The molecule has 25 heavy (non-hydrogen) atoms. The van der Waals surface area contributed by atoms with Gasteiger partial charge in [-0.3, -0.25) is 9.59 Å². The van der Waals surface area contributed by atoms with Gasteiger partial charge in [-0.1, -0.05) is 78.1 Å². The van der Waals surface area contributed by atoms with E-state index in [1.165, 1.54) is 44.9 Å². The summed E-state index contributed by atoms with van der Waals surface area (Å²) >= 11 is 0. The van der Waals surface area contributed by atoms with E-state index >= 15 is 0 Å². The van der Waals surface area contributed by atoms with E-state index in [2.05, 4.69) is 13.8 Å². The van der Waals surface area contributed by atoms with E-state index in [-0.39, 0.29) is 30.9 Å². The fraction of sp³-hybridized carbons (Fsp3) is 0.905. The number of unbranched alkanes of at least 4 members (excludes halogenated alkanes) is 9. The number of esters is 2. The first-order valence-corrected chi connectivity index (χ1v) is 10.4. The maximum atomic E-state index is 11.6. The Bertz CT molecular complexity index is 328. The van der Waals surface area contributed by atoms with E-state index in [1.807, 2.05) is 6.92 Å². The number of carbonyl (C=O) groups is 2. The quantitative estimate of drug-likeness (QED) is 0.238. The monoisotopic (exact) mass is 356 g/mol. The molecular formula is C21H40O4. The molecule has 0 aromatic carbocycles. The molecule has 0 fully saturated rings. The first-order valence-electron chi connectivity index (χ1n) is 10.4. The topological polar surface area (TPSA) is 52.6 Å². The molecule has 0 heterocycles. The number of hydrogen-bond acceptors (Lipinski definition) is 4. The highest BCUT2D eigenvalue weighted by atomic mass is 16.5. The van der Waals surface area contributed by atoms with Gasteiger partial charge in [0.15, 0.2) is 0 Å². The summed E-state index contributed by atoms with van der Waals surface area (Å²) < 4.78 is 10.4. The van der Waals surface area contributed by atoms with Crippen molar-refractivity contribution in [3.05, 3.63) is 0 Å². The molecule has 0 aliphatic carbocycles. The van der Waals surface area contributed by atoms with Crippen molar-refractivity contribution < 1.29 is 19.1 Å². The van der Waals surface area contributed by atoms with Crippen LogP contribution in [0.3, 0.4) is 0 Å². The Morgan fingerprint density at radius 3 is 1.84 bits per heavy atom. The minimum absolute atomic E-state index is 0.0644. The van der Waals surface area contributed by atoms with Gasteiger partial charge in [0.2, 0.25) is 0 Å². The minimum atomic E-state index is -0.302. The first-order chi connectivity index (χ1) is 12.1. The minimum Gasteiger partial charge on any atom is -0.466 e. The molecule has 0 rings (SSSR count). The van der Waals surface area contributed by atoms with Crippen LogP contribution in [0.2, 0.25) is 0 Å². The van der Waals surface area contributed by atoms with Gasteiger partial charge < -0.3 is 9.47 Å². The van der Waals surface area contributed by atoms with E-state index in [1.54, 1.807) is 0 Å². The number of carbonyl (C=O) groups excluding carboxylic acids is 2. The summed E-state index contributed by atoms with van der Waals surface area (Å²) in [5, 5.41) is 0. The SMILES string of the molecule is CCCCCCCCCCCOC(=O)CCC(=O)OC(C)CCCC. The smallest absolute Gasteiger partial charge is 0.306 e. The Hall–Kier alpha value is -1.06. The summed E-state index contributed by atoms with van der Waals surface area (Å²) in [6.07, 6.45) is 14.4. The molecule has 4 heteroatoms. The highest BCUT2D eigenvalue weighted by molar-refractivity contribution is 5.77. The zero-order valence-electron chi connectivity index (χ0n) is 16.8. The highest BCUT2D eigenvalue weighted by Crippen LogP contribution is 2.10. The van der Waals surface area contributed by atoms with Gasteiger partial charge in [-0.15, -0.1) is 0 Å². The van der Waals surface area contributed by atoms with E-state index in [0.717, 1.165) is 32.1 Å². The van der Waals surface area contributed by atoms with Crippen LogP contribution in [0.25, 0.3) is 0 Å². The Balaban J connectivity index is 3.42. The van der Waals surface area contributed by atoms with Crippen molar-refractivity contribution in [2.24, 2.45) is 0 Å². The fourth-order valence-electron chi connectivity index (χ4n) is 2.71. The van der Waals surface area contributed by atoms with Crippen molar-refractivity contribution in [2.75, 3.05) is 6.61 Å². The van der Waals surface area contributed by atoms with Gasteiger partial charge in [0, 0.05) is 0 Å². The van der Waals surface area contributed by atoms with Crippen LogP contribution >= 0.6 is 0 Å². The lowest BCUT2D eigenvalue weighted by molar-refractivity contribution is -0.153. The maximum absolute atomic E-state index is 11.6. The molecule has 1 atom stereocenters. The Labute approximate surface area is 155 Å². The third-order valence-corrected chi connectivity index (χ3v) is 4.34. The summed E-state index contributed by atoms with van der Waals surface area (Å²) in [6, 6.07) is 0. The Morgan fingerprint density at radius 2 is 1.24 bits per heavy atom. The molecule has 0 aliphatic rings. The van der Waals surface area contributed by atoms with Gasteiger partial charge in [0.05, 0.1) is 25.6 Å². The lowest BCUT2D eigenvalue weighted by Crippen LogP contribution is -2.16. The summed E-state index contributed by atoms with van der Waals surface area (Å²) in [5.74, 6) is -0.596. The Morgan fingerprint density at radius 1 is 0.720 bits per heavy atom. The third-order valence-electron chi connectivity index (χ3n) is 4.34. The van der Waals surface area contributed by atoms with Crippen molar-refractivity contribution in [1.82, 2.24) is 0 Å². The fourth-order valence-corrected chi connectivity index (χ4v) is 2.71. The second-order valence-corrected chi connectivity index (χ2v) is 6.99. The predicted molar refractivity (Wildman–Crippen MR) is 102 cm³/mol. The van der Waals surface area contributed by atoms with Crippen molar-refractivity contribution in [1.29, 1.82) is 0 Å². The van der Waals surface area contributed by atoms with E-state index < -0.39 is 0 Å². The van der Waals surface area contributed by atoms with Crippen molar-refractivity contribution >= 4 is 11.9 Å². The second kappa shape index (κ2) is 17.8. The van der Waals surface area contributed by atoms with Crippen LogP contribution < -0.4 is 0 Å². The van der Waals surface area contributed by atoms with Gasteiger partial charge in [0.25, 0.3) is 0 Å². The molecule has 0 saturated heterocycles. The second-order valence-electron chi connectivity index (χ2n) is 6.99. The molecule has 0 saturated carbocycles. The van der Waals surface area contributed by atoms with Crippen LogP contribution in [0.1, 0.15) is 111 Å². The Kier molecular flexibility index (Phi) is 17.0.